The Labute approximate surface area is 150 Å². The van der Waals surface area contributed by atoms with E-state index in [9.17, 15) is 0 Å². The van der Waals surface area contributed by atoms with E-state index in [-0.39, 0.29) is 0 Å². The van der Waals surface area contributed by atoms with E-state index < -0.39 is 0 Å². The van der Waals surface area contributed by atoms with Gasteiger partial charge >= 0.3 is 0 Å². The first kappa shape index (κ1) is 20.8. The van der Waals surface area contributed by atoms with Crippen LogP contribution in [0.5, 0.6) is 5.75 Å². The van der Waals surface area contributed by atoms with Gasteiger partial charge in [0, 0.05) is 5.56 Å². The molecule has 1 aromatic rings. The Morgan fingerprint density at radius 1 is 0.875 bits per heavy atom. The van der Waals surface area contributed by atoms with Gasteiger partial charge in [0.25, 0.3) is 0 Å². The molecule has 24 heavy (non-hydrogen) atoms. The number of allylic oxidation sites excluding steroid dienone is 2. The van der Waals surface area contributed by atoms with Crippen molar-refractivity contribution < 1.29 is 4.74 Å². The van der Waals surface area contributed by atoms with Gasteiger partial charge in [-0.15, -0.1) is 0 Å². The molecule has 0 bridgehead atoms. The van der Waals surface area contributed by atoms with E-state index in [4.69, 9.17) is 4.74 Å². The maximum absolute atomic E-state index is 5.64. The van der Waals surface area contributed by atoms with Gasteiger partial charge in [0.15, 0.2) is 0 Å². The number of hydrogen-bond donors (Lipinski definition) is 0. The van der Waals surface area contributed by atoms with E-state index in [1.807, 2.05) is 25.1 Å². The van der Waals surface area contributed by atoms with Crippen molar-refractivity contribution in [1.82, 2.24) is 0 Å². The molecule has 135 valence electrons. The number of ether oxygens (including phenoxy) is 1. The Kier molecular flexibility index (Phi) is 13.3. The largest absolute Gasteiger partial charge is 0.494 e. The molecule has 1 radical (unpaired) electrons. The molecule has 0 amide bonds. The van der Waals surface area contributed by atoms with E-state index >= 15 is 0 Å². The molecule has 0 aromatic heterocycles. The summed E-state index contributed by atoms with van der Waals surface area (Å²) in [6.07, 6.45) is 20.8. The molecule has 0 unspecified atom stereocenters. The van der Waals surface area contributed by atoms with Crippen molar-refractivity contribution in [3.05, 3.63) is 42.0 Å². The lowest BCUT2D eigenvalue weighted by Crippen LogP contribution is -1.95. The number of rotatable bonds is 15. The Hall–Kier alpha value is -1.24. The van der Waals surface area contributed by atoms with Crippen LogP contribution in [0.2, 0.25) is 0 Å². The van der Waals surface area contributed by atoms with Gasteiger partial charge in [-0.25, -0.2) is 0 Å². The van der Waals surface area contributed by atoms with E-state index in [0.29, 0.717) is 6.61 Å². The second-order valence-corrected chi connectivity index (χ2v) is 6.59. The average Bonchev–Trinajstić information content (AvgIpc) is 2.60. The van der Waals surface area contributed by atoms with Crippen LogP contribution in [-0.4, -0.2) is 6.61 Å². The van der Waals surface area contributed by atoms with Gasteiger partial charge < -0.3 is 4.74 Å². The van der Waals surface area contributed by atoms with Gasteiger partial charge in [-0.3, -0.25) is 0 Å². The highest BCUT2D eigenvalue weighted by molar-refractivity contribution is 5.33. The Balaban J connectivity index is 1.99. The minimum Gasteiger partial charge on any atom is -0.494 e. The maximum Gasteiger partial charge on any atom is 0.123 e. The van der Waals surface area contributed by atoms with Gasteiger partial charge in [-0.05, 0) is 38.3 Å². The molecule has 1 rings (SSSR count). The maximum atomic E-state index is 5.64. The first-order valence-electron chi connectivity index (χ1n) is 10.2. The lowest BCUT2D eigenvalue weighted by molar-refractivity contribution is 0.337. The fraction of sp³-hybridized carbons (Fsp3) is 0.652. The molecule has 0 atom stereocenters. The molecule has 0 saturated carbocycles. The van der Waals surface area contributed by atoms with E-state index in [1.54, 1.807) is 0 Å². The molecule has 1 nitrogen and oxygen atoms in total. The zero-order valence-electron chi connectivity index (χ0n) is 16.0. The summed E-state index contributed by atoms with van der Waals surface area (Å²) in [5.74, 6) is 0.976. The molecule has 1 heteroatoms. The van der Waals surface area contributed by atoms with Gasteiger partial charge in [0.2, 0.25) is 0 Å². The summed E-state index contributed by atoms with van der Waals surface area (Å²) in [7, 11) is 0. The highest BCUT2D eigenvalue weighted by atomic mass is 16.5. The fourth-order valence-electron chi connectivity index (χ4n) is 2.97. The van der Waals surface area contributed by atoms with Crippen molar-refractivity contribution in [2.45, 2.75) is 90.9 Å². The smallest absolute Gasteiger partial charge is 0.123 e. The summed E-state index contributed by atoms with van der Waals surface area (Å²) in [6, 6.07) is 9.28. The summed E-state index contributed by atoms with van der Waals surface area (Å²) in [5, 5.41) is 0. The van der Waals surface area contributed by atoms with Crippen molar-refractivity contribution in [3.8, 4) is 5.75 Å². The van der Waals surface area contributed by atoms with E-state index in [1.165, 1.54) is 76.2 Å². The summed E-state index contributed by atoms with van der Waals surface area (Å²) in [5.41, 5.74) is 1.17. The van der Waals surface area contributed by atoms with Crippen LogP contribution in [0.25, 0.3) is 0 Å². The highest BCUT2D eigenvalue weighted by Gasteiger charge is 1.99. The van der Waals surface area contributed by atoms with Crippen LogP contribution in [0.3, 0.4) is 0 Å². The van der Waals surface area contributed by atoms with Crippen LogP contribution < -0.4 is 4.74 Å². The average molecular weight is 330 g/mol. The predicted molar refractivity (Wildman–Crippen MR) is 106 cm³/mol. The van der Waals surface area contributed by atoms with Crippen LogP contribution >= 0.6 is 0 Å². The third-order valence-electron chi connectivity index (χ3n) is 4.41. The van der Waals surface area contributed by atoms with Gasteiger partial charge in [0.1, 0.15) is 5.75 Å². The lowest BCUT2D eigenvalue weighted by atomic mass is 10.1. The topological polar surface area (TPSA) is 9.23 Å². The molecule has 0 N–H and O–H groups in total. The van der Waals surface area contributed by atoms with Crippen molar-refractivity contribution in [3.63, 3.8) is 0 Å². The summed E-state index contributed by atoms with van der Waals surface area (Å²) >= 11 is 0. The quantitative estimate of drug-likeness (QED) is 0.242. The Morgan fingerprint density at radius 2 is 1.54 bits per heavy atom. The summed E-state index contributed by atoms with van der Waals surface area (Å²) in [4.78, 5) is 0. The molecule has 0 aliphatic rings. The summed E-state index contributed by atoms with van der Waals surface area (Å²) < 4.78 is 5.64. The molecular formula is C23H37O. The standard InChI is InChI=1S/C23H37O/c1-3-5-6-7-8-9-10-11-12-13-14-15-16-19-22-20-17-18-21-23(22)24-4-2/h15-18,21H,3-14,19H2,1-2H3. The van der Waals surface area contributed by atoms with Crippen LogP contribution in [0, 0.1) is 6.07 Å². The monoisotopic (exact) mass is 329 g/mol. The second kappa shape index (κ2) is 15.3. The molecule has 0 fully saturated rings. The van der Waals surface area contributed by atoms with Crippen molar-refractivity contribution in [1.29, 1.82) is 0 Å². The van der Waals surface area contributed by atoms with E-state index in [2.05, 4.69) is 25.1 Å². The second-order valence-electron chi connectivity index (χ2n) is 6.59. The molecule has 0 aliphatic heterocycles. The highest BCUT2D eigenvalue weighted by Crippen LogP contribution is 2.18. The minimum absolute atomic E-state index is 0.715. The SMILES string of the molecule is CCCCCCCCCCCCC=CCc1[c]cccc1OCC. The first-order chi connectivity index (χ1) is 11.9. The zero-order chi connectivity index (χ0) is 17.3. The third kappa shape index (κ3) is 10.5. The van der Waals surface area contributed by atoms with Crippen LogP contribution in [0.4, 0.5) is 0 Å². The predicted octanol–water partition coefficient (Wildman–Crippen LogP) is 7.30. The lowest BCUT2D eigenvalue weighted by Gasteiger charge is -2.07. The molecule has 0 heterocycles. The first-order valence-corrected chi connectivity index (χ1v) is 10.2. The van der Waals surface area contributed by atoms with Crippen molar-refractivity contribution in [2.24, 2.45) is 0 Å². The Morgan fingerprint density at radius 3 is 2.21 bits per heavy atom. The van der Waals surface area contributed by atoms with Gasteiger partial charge in [-0.2, -0.15) is 0 Å². The number of benzene rings is 1. The zero-order valence-corrected chi connectivity index (χ0v) is 16.0. The van der Waals surface area contributed by atoms with Crippen molar-refractivity contribution in [2.75, 3.05) is 6.61 Å². The molecule has 1 aromatic carbocycles. The molecule has 0 saturated heterocycles. The van der Waals surface area contributed by atoms with Crippen LogP contribution in [-0.2, 0) is 6.42 Å². The van der Waals surface area contributed by atoms with E-state index in [0.717, 1.165) is 12.2 Å². The molecule has 0 spiro atoms. The number of hydrogen-bond acceptors (Lipinski definition) is 1. The van der Waals surface area contributed by atoms with Gasteiger partial charge in [0.05, 0.1) is 6.61 Å². The van der Waals surface area contributed by atoms with Crippen molar-refractivity contribution >= 4 is 0 Å². The number of unbranched alkanes of at least 4 members (excludes halogenated alkanes) is 10. The molecule has 0 aliphatic carbocycles. The van der Waals surface area contributed by atoms with Crippen LogP contribution in [0.15, 0.2) is 30.4 Å². The third-order valence-corrected chi connectivity index (χ3v) is 4.41. The minimum atomic E-state index is 0.715. The Bertz CT molecular complexity index is 422. The summed E-state index contributed by atoms with van der Waals surface area (Å²) in [6.45, 7) is 5.02. The molecular weight excluding hydrogens is 292 g/mol. The van der Waals surface area contributed by atoms with Crippen LogP contribution in [0.1, 0.15) is 90.0 Å². The fourth-order valence-corrected chi connectivity index (χ4v) is 2.97. The van der Waals surface area contributed by atoms with Gasteiger partial charge in [-0.1, -0.05) is 89.0 Å². The normalized spacial score (nSPS) is 11.2.